The van der Waals surface area contributed by atoms with E-state index < -0.39 is 5.97 Å². The minimum atomic E-state index is -0.491. The second-order valence-electron chi connectivity index (χ2n) is 6.26. The summed E-state index contributed by atoms with van der Waals surface area (Å²) in [4.78, 5) is 23.0. The van der Waals surface area contributed by atoms with E-state index in [-0.39, 0.29) is 25.5 Å². The van der Waals surface area contributed by atoms with Crippen molar-refractivity contribution in [3.8, 4) is 11.4 Å². The Kier molecular flexibility index (Phi) is 8.31. The number of nitrogens with one attached hydrogen (secondary N) is 1. The van der Waals surface area contributed by atoms with Crippen LogP contribution in [0.4, 0.5) is 0 Å². The van der Waals surface area contributed by atoms with E-state index >= 15 is 0 Å². The highest BCUT2D eigenvalue weighted by Crippen LogP contribution is 2.24. The summed E-state index contributed by atoms with van der Waals surface area (Å²) in [5.74, 6) is 1.03. The second kappa shape index (κ2) is 11.4. The number of nitrogens with zero attached hydrogens (tertiary/aromatic N) is 3. The summed E-state index contributed by atoms with van der Waals surface area (Å²) >= 11 is 7.31. The van der Waals surface area contributed by atoms with Gasteiger partial charge in [0.15, 0.2) is 11.0 Å². The molecule has 0 aliphatic heterocycles. The number of hydrogen-bond donors (Lipinski definition) is 1. The van der Waals surface area contributed by atoms with Crippen LogP contribution in [0.3, 0.4) is 0 Å². The van der Waals surface area contributed by atoms with Gasteiger partial charge in [0.1, 0.15) is 18.9 Å². The maximum atomic E-state index is 11.9. The van der Waals surface area contributed by atoms with Crippen LogP contribution in [0.15, 0.2) is 59.8 Å². The van der Waals surface area contributed by atoms with Crippen molar-refractivity contribution in [3.05, 3.63) is 65.4 Å². The lowest BCUT2D eigenvalue weighted by molar-refractivity contribution is -0.141. The lowest BCUT2D eigenvalue weighted by atomic mass is 10.3. The predicted octanol–water partition coefficient (Wildman–Crippen LogP) is 3.27. The maximum Gasteiger partial charge on any atom is 0.325 e. The number of thioether (sulfide) groups is 1. The van der Waals surface area contributed by atoms with Gasteiger partial charge in [0.25, 0.3) is 0 Å². The van der Waals surface area contributed by atoms with Crippen LogP contribution >= 0.6 is 23.4 Å². The summed E-state index contributed by atoms with van der Waals surface area (Å²) in [6.07, 6.45) is 0.222. The summed E-state index contributed by atoms with van der Waals surface area (Å²) in [5.41, 5.74) is 0.889. The van der Waals surface area contributed by atoms with E-state index in [0.29, 0.717) is 27.5 Å². The van der Waals surface area contributed by atoms with Crippen LogP contribution in [-0.4, -0.2) is 46.0 Å². The Balaban J connectivity index is 1.66. The number of para-hydroxylation sites is 1. The summed E-state index contributed by atoms with van der Waals surface area (Å²) in [5, 5.41) is 12.3. The van der Waals surface area contributed by atoms with Crippen molar-refractivity contribution in [2.75, 3.05) is 19.4 Å². The number of halogens is 1. The fraction of sp³-hybridized carbons (Fsp3) is 0.238. The van der Waals surface area contributed by atoms with Crippen LogP contribution in [0.1, 0.15) is 12.2 Å². The van der Waals surface area contributed by atoms with E-state index in [2.05, 4.69) is 20.3 Å². The van der Waals surface area contributed by atoms with Gasteiger partial charge in [0, 0.05) is 22.9 Å². The van der Waals surface area contributed by atoms with Crippen molar-refractivity contribution in [1.82, 2.24) is 20.1 Å². The molecule has 3 aromatic rings. The number of carbonyl (C=O) groups is 2. The molecule has 0 spiro atoms. The average molecular weight is 461 g/mol. The van der Waals surface area contributed by atoms with Crippen LogP contribution < -0.4 is 10.1 Å². The Morgan fingerprint density at radius 3 is 2.55 bits per heavy atom. The highest BCUT2D eigenvalue weighted by molar-refractivity contribution is 7.99. The zero-order chi connectivity index (χ0) is 22.1. The number of aromatic nitrogens is 3. The molecule has 0 radical (unpaired) electrons. The third-order valence-corrected chi connectivity index (χ3v) is 5.30. The van der Waals surface area contributed by atoms with E-state index in [0.717, 1.165) is 5.69 Å². The highest BCUT2D eigenvalue weighted by atomic mass is 35.5. The van der Waals surface area contributed by atoms with Crippen LogP contribution in [-0.2, 0) is 20.9 Å². The van der Waals surface area contributed by atoms with Gasteiger partial charge in [-0.2, -0.15) is 0 Å². The van der Waals surface area contributed by atoms with Crippen LogP contribution in [0.2, 0.25) is 5.02 Å². The Labute approximate surface area is 188 Å². The molecule has 1 N–H and O–H groups in total. The topological polar surface area (TPSA) is 95.3 Å². The van der Waals surface area contributed by atoms with Gasteiger partial charge < -0.3 is 14.8 Å². The van der Waals surface area contributed by atoms with Gasteiger partial charge in [-0.05, 0) is 36.4 Å². The lowest BCUT2D eigenvalue weighted by Crippen LogP contribution is -2.30. The van der Waals surface area contributed by atoms with E-state index in [4.69, 9.17) is 16.3 Å². The third kappa shape index (κ3) is 6.73. The first kappa shape index (κ1) is 22.6. The van der Waals surface area contributed by atoms with Gasteiger partial charge in [0.05, 0.1) is 7.11 Å². The molecule has 1 aromatic heterocycles. The Bertz CT molecular complexity index is 1010. The Hall–Kier alpha value is -3.04. The lowest BCUT2D eigenvalue weighted by Gasteiger charge is -2.11. The molecule has 0 bridgehead atoms. The van der Waals surface area contributed by atoms with Crippen molar-refractivity contribution in [2.24, 2.45) is 0 Å². The fourth-order valence-electron chi connectivity index (χ4n) is 2.57. The molecule has 0 saturated carbocycles. The first-order chi connectivity index (χ1) is 15.1. The number of ether oxygens (including phenoxy) is 2. The maximum absolute atomic E-state index is 11.9. The van der Waals surface area contributed by atoms with Crippen molar-refractivity contribution in [3.63, 3.8) is 0 Å². The summed E-state index contributed by atoms with van der Waals surface area (Å²) in [7, 11) is 1.27. The van der Waals surface area contributed by atoms with Crippen LogP contribution in [0.5, 0.6) is 5.75 Å². The standard InChI is InChI=1S/C21H21ClN4O4S/c1-29-20(28)13-23-19(27)11-12-31-21-25-24-18(26(21)16-5-3-2-4-6-16)14-30-17-9-7-15(22)8-10-17/h2-10H,11-14H2,1H3,(H,23,27). The summed E-state index contributed by atoms with van der Waals surface area (Å²) < 4.78 is 12.2. The van der Waals surface area contributed by atoms with Crippen LogP contribution in [0, 0.1) is 0 Å². The fourth-order valence-corrected chi connectivity index (χ4v) is 3.60. The number of carbonyl (C=O) groups excluding carboxylic acids is 2. The SMILES string of the molecule is COC(=O)CNC(=O)CCSc1nnc(COc2ccc(Cl)cc2)n1-c1ccccc1. The molecule has 0 aliphatic carbocycles. The molecule has 1 heterocycles. The molecule has 31 heavy (non-hydrogen) atoms. The first-order valence-electron chi connectivity index (χ1n) is 9.41. The van der Waals surface area contributed by atoms with Gasteiger partial charge in [-0.3, -0.25) is 14.2 Å². The molecule has 0 aliphatic rings. The van der Waals surface area contributed by atoms with Crippen molar-refractivity contribution >= 4 is 35.2 Å². The van der Waals surface area contributed by atoms with Gasteiger partial charge in [-0.15, -0.1) is 10.2 Å². The van der Waals surface area contributed by atoms with Gasteiger partial charge in [0.2, 0.25) is 5.91 Å². The smallest absolute Gasteiger partial charge is 0.325 e. The quantitative estimate of drug-likeness (QED) is 0.366. The van der Waals surface area contributed by atoms with Crippen LogP contribution in [0.25, 0.3) is 5.69 Å². The molecular formula is C21H21ClN4O4S. The molecule has 0 unspecified atom stereocenters. The molecule has 8 nitrogen and oxygen atoms in total. The van der Waals surface area contributed by atoms with E-state index in [1.165, 1.54) is 18.9 Å². The molecule has 10 heteroatoms. The minimum absolute atomic E-state index is 0.146. The number of methoxy groups -OCH3 is 1. The molecule has 0 saturated heterocycles. The summed E-state index contributed by atoms with van der Waals surface area (Å²) in [6.45, 7) is 0.0656. The summed E-state index contributed by atoms with van der Waals surface area (Å²) in [6, 6.07) is 16.8. The molecule has 0 atom stereocenters. The zero-order valence-electron chi connectivity index (χ0n) is 16.8. The molecule has 1 amide bonds. The number of benzene rings is 2. The minimum Gasteiger partial charge on any atom is -0.486 e. The molecule has 2 aromatic carbocycles. The average Bonchev–Trinajstić information content (AvgIpc) is 3.20. The van der Waals surface area contributed by atoms with E-state index in [1.54, 1.807) is 24.3 Å². The zero-order valence-corrected chi connectivity index (χ0v) is 18.4. The molecule has 0 fully saturated rings. The van der Waals surface area contributed by atoms with Gasteiger partial charge in [-0.25, -0.2) is 0 Å². The normalized spacial score (nSPS) is 10.5. The van der Waals surface area contributed by atoms with Crippen molar-refractivity contribution in [2.45, 2.75) is 18.2 Å². The van der Waals surface area contributed by atoms with E-state index in [1.807, 2.05) is 34.9 Å². The monoisotopic (exact) mass is 460 g/mol. The first-order valence-corrected chi connectivity index (χ1v) is 10.8. The predicted molar refractivity (Wildman–Crippen MR) is 118 cm³/mol. The Morgan fingerprint density at radius 2 is 1.84 bits per heavy atom. The number of rotatable bonds is 10. The van der Waals surface area contributed by atoms with Crippen molar-refractivity contribution < 1.29 is 19.1 Å². The molecule has 162 valence electrons. The number of esters is 1. The molecule has 3 rings (SSSR count). The third-order valence-electron chi connectivity index (χ3n) is 4.11. The molecular weight excluding hydrogens is 440 g/mol. The van der Waals surface area contributed by atoms with Gasteiger partial charge in [-0.1, -0.05) is 41.6 Å². The van der Waals surface area contributed by atoms with E-state index in [9.17, 15) is 9.59 Å². The second-order valence-corrected chi connectivity index (χ2v) is 7.76. The largest absolute Gasteiger partial charge is 0.486 e. The van der Waals surface area contributed by atoms with Crippen molar-refractivity contribution in [1.29, 1.82) is 0 Å². The number of amides is 1. The van der Waals surface area contributed by atoms with Gasteiger partial charge >= 0.3 is 5.97 Å². The Morgan fingerprint density at radius 1 is 1.10 bits per heavy atom. The number of hydrogen-bond acceptors (Lipinski definition) is 7. The highest BCUT2D eigenvalue weighted by Gasteiger charge is 2.16.